The van der Waals surface area contributed by atoms with E-state index >= 15 is 0 Å². The van der Waals surface area contributed by atoms with Gasteiger partial charge in [-0.05, 0) is 43.2 Å². The largest absolute Gasteiger partial charge is 0.504 e. The van der Waals surface area contributed by atoms with Crippen LogP contribution in [0, 0.1) is 0 Å². The van der Waals surface area contributed by atoms with Gasteiger partial charge in [-0.3, -0.25) is 10.0 Å². The van der Waals surface area contributed by atoms with Gasteiger partial charge < -0.3 is 25.2 Å². The van der Waals surface area contributed by atoms with Crippen LogP contribution in [0.1, 0.15) is 18.1 Å². The van der Waals surface area contributed by atoms with Crippen LogP contribution < -0.4 is 0 Å². The van der Waals surface area contributed by atoms with Gasteiger partial charge >= 0.3 is 0 Å². The van der Waals surface area contributed by atoms with E-state index in [4.69, 9.17) is 4.74 Å². The molecule has 2 aromatic carbocycles. The van der Waals surface area contributed by atoms with Gasteiger partial charge in [-0.1, -0.05) is 12.1 Å². The first kappa shape index (κ1) is 19.3. The average Bonchev–Trinajstić information content (AvgIpc) is 3.05. The minimum absolute atomic E-state index is 0.00360. The second kappa shape index (κ2) is 7.65. The summed E-state index contributed by atoms with van der Waals surface area (Å²) in [5.74, 6) is -1.98. The van der Waals surface area contributed by atoms with Gasteiger partial charge in [-0.25, -0.2) is 10.1 Å². The molecule has 0 saturated carbocycles. The molecule has 5 N–H and O–H groups in total. The number of phenols is 4. The van der Waals surface area contributed by atoms with E-state index in [1.807, 2.05) is 0 Å². The fraction of sp³-hybridized carbons (Fsp3) is 0.263. The standard InChI is InChI=1S/C19H20N2O7/c1-10-16(20-18(28-10)12-3-2-4-14(23)17(12)25)19(26)21(27)8-7-11-5-6-13(22)15(24)9-11/h2-6,9-10,16,22-25,27H,7-8H2,1H3/t10-,16+/m1/s1. The minimum atomic E-state index is -1.02. The Balaban J connectivity index is 1.69. The Bertz CT molecular complexity index is 928. The highest BCUT2D eigenvalue weighted by Crippen LogP contribution is 2.31. The lowest BCUT2D eigenvalue weighted by Crippen LogP contribution is -2.40. The van der Waals surface area contributed by atoms with Crippen molar-refractivity contribution in [3.63, 3.8) is 0 Å². The molecule has 9 nitrogen and oxygen atoms in total. The van der Waals surface area contributed by atoms with E-state index < -0.39 is 23.8 Å². The number of carbonyl (C=O) groups excluding carboxylic acids is 1. The van der Waals surface area contributed by atoms with E-state index in [1.165, 1.54) is 30.3 Å². The number of hydrogen-bond donors (Lipinski definition) is 5. The number of para-hydroxylation sites is 1. The normalized spacial score (nSPS) is 18.4. The Morgan fingerprint density at radius 2 is 1.86 bits per heavy atom. The molecule has 1 amide bonds. The monoisotopic (exact) mass is 388 g/mol. The van der Waals surface area contributed by atoms with E-state index in [0.717, 1.165) is 0 Å². The molecule has 0 spiro atoms. The van der Waals surface area contributed by atoms with E-state index in [9.17, 15) is 30.4 Å². The number of ether oxygens (including phenoxy) is 1. The van der Waals surface area contributed by atoms with Gasteiger partial charge in [0.25, 0.3) is 5.91 Å². The summed E-state index contributed by atoms with van der Waals surface area (Å²) in [6, 6.07) is 7.50. The van der Waals surface area contributed by atoms with Crippen molar-refractivity contribution in [3.05, 3.63) is 47.5 Å². The average molecular weight is 388 g/mol. The molecular weight excluding hydrogens is 368 g/mol. The number of hydrogen-bond acceptors (Lipinski definition) is 8. The number of aliphatic imine (C=N–C) groups is 1. The molecule has 2 atom stereocenters. The molecular formula is C19H20N2O7. The third-order valence-corrected chi connectivity index (χ3v) is 4.40. The number of aromatic hydroxyl groups is 4. The van der Waals surface area contributed by atoms with Gasteiger partial charge in [-0.2, -0.15) is 0 Å². The molecule has 9 heteroatoms. The fourth-order valence-corrected chi connectivity index (χ4v) is 2.82. The molecule has 0 aliphatic carbocycles. The van der Waals surface area contributed by atoms with Crippen molar-refractivity contribution in [2.45, 2.75) is 25.5 Å². The molecule has 148 valence electrons. The molecule has 1 aliphatic heterocycles. The molecule has 0 fully saturated rings. The molecule has 2 aromatic rings. The van der Waals surface area contributed by atoms with Crippen LogP contribution in [0.3, 0.4) is 0 Å². The van der Waals surface area contributed by atoms with Crippen molar-refractivity contribution in [3.8, 4) is 23.0 Å². The zero-order chi connectivity index (χ0) is 20.4. The molecule has 28 heavy (non-hydrogen) atoms. The second-order valence-electron chi connectivity index (χ2n) is 6.41. The van der Waals surface area contributed by atoms with Crippen LogP contribution >= 0.6 is 0 Å². The van der Waals surface area contributed by atoms with Crippen LogP contribution in [0.25, 0.3) is 0 Å². The van der Waals surface area contributed by atoms with Gasteiger partial charge in [0, 0.05) is 0 Å². The maximum atomic E-state index is 12.5. The van der Waals surface area contributed by atoms with Crippen LogP contribution in [0.15, 0.2) is 41.4 Å². The first-order chi connectivity index (χ1) is 13.3. The molecule has 0 bridgehead atoms. The van der Waals surface area contributed by atoms with Crippen LogP contribution in [0.4, 0.5) is 0 Å². The highest BCUT2D eigenvalue weighted by molar-refractivity contribution is 6.01. The molecule has 1 aliphatic rings. The Labute approximate surface area is 160 Å². The topological polar surface area (TPSA) is 143 Å². The predicted molar refractivity (Wildman–Crippen MR) is 97.6 cm³/mol. The van der Waals surface area contributed by atoms with Gasteiger partial charge in [0.05, 0.1) is 12.1 Å². The number of carbonyl (C=O) groups is 1. The molecule has 0 radical (unpaired) electrons. The summed E-state index contributed by atoms with van der Waals surface area (Å²) in [6.45, 7) is 1.54. The number of nitrogens with zero attached hydrogens (tertiary/aromatic N) is 2. The van der Waals surface area contributed by atoms with E-state index in [0.29, 0.717) is 10.6 Å². The summed E-state index contributed by atoms with van der Waals surface area (Å²) in [5, 5.41) is 49.0. The molecule has 0 unspecified atom stereocenters. The summed E-state index contributed by atoms with van der Waals surface area (Å²) in [6.07, 6.45) is -0.446. The number of amides is 1. The Morgan fingerprint density at radius 3 is 2.57 bits per heavy atom. The van der Waals surface area contributed by atoms with Crippen molar-refractivity contribution in [2.24, 2.45) is 4.99 Å². The van der Waals surface area contributed by atoms with Crippen molar-refractivity contribution < 1.29 is 35.2 Å². The molecule has 3 rings (SSSR count). The lowest BCUT2D eigenvalue weighted by Gasteiger charge is -2.19. The van der Waals surface area contributed by atoms with Gasteiger partial charge in [-0.15, -0.1) is 0 Å². The first-order valence-electron chi connectivity index (χ1n) is 8.54. The van der Waals surface area contributed by atoms with Gasteiger partial charge in [0.15, 0.2) is 29.0 Å². The number of phenolic OH excluding ortho intramolecular Hbond substituents is 4. The van der Waals surface area contributed by atoms with Crippen LogP contribution in [0.2, 0.25) is 0 Å². The summed E-state index contributed by atoms with van der Waals surface area (Å²) in [7, 11) is 0. The maximum absolute atomic E-state index is 12.5. The summed E-state index contributed by atoms with van der Waals surface area (Å²) >= 11 is 0. The number of rotatable bonds is 5. The maximum Gasteiger partial charge on any atom is 0.274 e. The van der Waals surface area contributed by atoms with Crippen molar-refractivity contribution in [1.82, 2.24) is 5.06 Å². The van der Waals surface area contributed by atoms with Crippen molar-refractivity contribution >= 4 is 11.8 Å². The SMILES string of the molecule is C[C@H]1OC(c2cccc(O)c2O)=N[C@@H]1C(=O)N(O)CCc1ccc(O)c(O)c1. The van der Waals surface area contributed by atoms with Gasteiger partial charge in [0.1, 0.15) is 6.10 Å². The van der Waals surface area contributed by atoms with Crippen LogP contribution in [0.5, 0.6) is 23.0 Å². The molecule has 0 saturated heterocycles. The second-order valence-corrected chi connectivity index (χ2v) is 6.41. The lowest BCUT2D eigenvalue weighted by atomic mass is 10.1. The fourth-order valence-electron chi connectivity index (χ4n) is 2.82. The number of hydroxylamine groups is 2. The summed E-state index contributed by atoms with van der Waals surface area (Å²) in [4.78, 5) is 16.7. The Morgan fingerprint density at radius 1 is 1.11 bits per heavy atom. The highest BCUT2D eigenvalue weighted by atomic mass is 16.5. The molecule has 1 heterocycles. The van der Waals surface area contributed by atoms with E-state index in [-0.39, 0.29) is 41.7 Å². The number of benzene rings is 2. The summed E-state index contributed by atoms with van der Waals surface area (Å²) in [5.41, 5.74) is 0.762. The quantitative estimate of drug-likeness (QED) is 0.297. The van der Waals surface area contributed by atoms with Crippen molar-refractivity contribution in [2.75, 3.05) is 6.54 Å². The third kappa shape index (κ3) is 3.79. The highest BCUT2D eigenvalue weighted by Gasteiger charge is 2.37. The first-order valence-corrected chi connectivity index (χ1v) is 8.54. The zero-order valence-electron chi connectivity index (χ0n) is 15.0. The van der Waals surface area contributed by atoms with Crippen LogP contribution in [-0.2, 0) is 16.0 Å². The Hall–Kier alpha value is -3.46. The Kier molecular flexibility index (Phi) is 5.27. The minimum Gasteiger partial charge on any atom is -0.504 e. The smallest absolute Gasteiger partial charge is 0.274 e. The van der Waals surface area contributed by atoms with Gasteiger partial charge in [0.2, 0.25) is 5.90 Å². The van der Waals surface area contributed by atoms with E-state index in [1.54, 1.807) is 13.0 Å². The molecule has 0 aromatic heterocycles. The lowest BCUT2D eigenvalue weighted by molar-refractivity contribution is -0.167. The summed E-state index contributed by atoms with van der Waals surface area (Å²) < 4.78 is 5.52. The van der Waals surface area contributed by atoms with E-state index in [2.05, 4.69) is 4.99 Å². The zero-order valence-corrected chi connectivity index (χ0v) is 15.0. The predicted octanol–water partition coefficient (Wildman–Crippen LogP) is 1.50. The third-order valence-electron chi connectivity index (χ3n) is 4.40. The van der Waals surface area contributed by atoms with Crippen molar-refractivity contribution in [1.29, 1.82) is 0 Å². The van der Waals surface area contributed by atoms with Crippen LogP contribution in [-0.4, -0.2) is 61.2 Å².